The van der Waals surface area contributed by atoms with Crippen molar-refractivity contribution < 1.29 is 4.79 Å². The number of likely N-dealkylation sites (tertiary alicyclic amines) is 1. The second-order valence-corrected chi connectivity index (χ2v) is 8.36. The van der Waals surface area contributed by atoms with Crippen LogP contribution in [0, 0.1) is 0 Å². The van der Waals surface area contributed by atoms with Crippen molar-refractivity contribution in [3.05, 3.63) is 70.2 Å². The highest BCUT2D eigenvalue weighted by molar-refractivity contribution is 7.09. The molecule has 1 N–H and O–H groups in total. The summed E-state index contributed by atoms with van der Waals surface area (Å²) in [7, 11) is 0. The van der Waals surface area contributed by atoms with Gasteiger partial charge in [0.05, 0.1) is 18.6 Å². The van der Waals surface area contributed by atoms with Crippen LogP contribution in [0.5, 0.6) is 0 Å². The molecule has 0 unspecified atom stereocenters. The van der Waals surface area contributed by atoms with Gasteiger partial charge < -0.3 is 5.32 Å². The Balaban J connectivity index is 1.46. The van der Waals surface area contributed by atoms with E-state index in [9.17, 15) is 4.79 Å². The zero-order valence-corrected chi connectivity index (χ0v) is 17.1. The molecule has 150 valence electrons. The number of carbonyl (C=O) groups is 1. The summed E-state index contributed by atoms with van der Waals surface area (Å²) in [6.45, 7) is 4.14. The molecule has 1 aromatic carbocycles. The van der Waals surface area contributed by atoms with E-state index in [4.69, 9.17) is 0 Å². The van der Waals surface area contributed by atoms with E-state index in [1.165, 1.54) is 11.1 Å². The minimum absolute atomic E-state index is 0.0569. The number of nitrogens with zero attached hydrogens (tertiary/aromatic N) is 5. The van der Waals surface area contributed by atoms with Crippen LogP contribution >= 0.6 is 11.3 Å². The van der Waals surface area contributed by atoms with Crippen molar-refractivity contribution in [1.29, 1.82) is 0 Å². The molecule has 8 heteroatoms. The first-order chi connectivity index (χ1) is 14.2. The van der Waals surface area contributed by atoms with Gasteiger partial charge in [-0.2, -0.15) is 0 Å². The fourth-order valence-electron chi connectivity index (χ4n) is 3.76. The Morgan fingerprint density at radius 1 is 1.28 bits per heavy atom. The lowest BCUT2D eigenvalue weighted by Gasteiger charge is -2.23. The van der Waals surface area contributed by atoms with Crippen LogP contribution in [-0.2, 0) is 11.3 Å². The summed E-state index contributed by atoms with van der Waals surface area (Å²) in [6, 6.07) is 14.2. The fourth-order valence-corrected chi connectivity index (χ4v) is 4.40. The molecule has 1 fully saturated rings. The molecule has 3 heterocycles. The average molecular weight is 409 g/mol. The molecule has 0 radical (unpaired) electrons. The molecule has 7 nitrogen and oxygen atoms in total. The predicted molar refractivity (Wildman–Crippen MR) is 113 cm³/mol. The van der Waals surface area contributed by atoms with E-state index in [0.29, 0.717) is 13.0 Å². The monoisotopic (exact) mass is 408 g/mol. The first-order valence-electron chi connectivity index (χ1n) is 9.68. The van der Waals surface area contributed by atoms with Crippen LogP contribution in [0.4, 0.5) is 0 Å². The van der Waals surface area contributed by atoms with Gasteiger partial charge in [-0.1, -0.05) is 48.0 Å². The molecular weight excluding hydrogens is 384 g/mol. The zero-order chi connectivity index (χ0) is 20.1. The topological polar surface area (TPSA) is 75.9 Å². The first-order valence-corrected chi connectivity index (χ1v) is 10.6. The summed E-state index contributed by atoms with van der Waals surface area (Å²) < 4.78 is 1.76. The van der Waals surface area contributed by atoms with Crippen molar-refractivity contribution in [3.63, 3.8) is 0 Å². The number of hydrogen-bond acceptors (Lipinski definition) is 6. The van der Waals surface area contributed by atoms with Gasteiger partial charge in [0.15, 0.2) is 0 Å². The number of nitrogens with one attached hydrogen (secondary N) is 1. The van der Waals surface area contributed by atoms with Crippen LogP contribution < -0.4 is 5.32 Å². The van der Waals surface area contributed by atoms with Crippen LogP contribution in [0.3, 0.4) is 0 Å². The second-order valence-electron chi connectivity index (χ2n) is 7.32. The third-order valence-corrected chi connectivity index (χ3v) is 5.98. The number of tetrazole rings is 1. The highest BCUT2D eigenvalue weighted by Gasteiger charge is 2.38. The predicted octanol–water partition coefficient (Wildman–Crippen LogP) is 2.77. The van der Waals surface area contributed by atoms with Gasteiger partial charge in [-0.25, -0.2) is 4.68 Å². The van der Waals surface area contributed by atoms with Crippen LogP contribution in [0.15, 0.2) is 59.7 Å². The quantitative estimate of drug-likeness (QED) is 0.651. The fraction of sp³-hybridized carbons (Fsp3) is 0.333. The number of carbonyl (C=O) groups excluding carboxylic acids is 1. The van der Waals surface area contributed by atoms with Gasteiger partial charge in [0.1, 0.15) is 6.33 Å². The summed E-state index contributed by atoms with van der Waals surface area (Å²) >= 11 is 1.65. The summed E-state index contributed by atoms with van der Waals surface area (Å²) in [5.41, 5.74) is 2.38. The summed E-state index contributed by atoms with van der Waals surface area (Å²) in [6.07, 6.45) is 4.49. The smallest absolute Gasteiger partial charge is 0.237 e. The van der Waals surface area contributed by atoms with Crippen molar-refractivity contribution >= 4 is 23.3 Å². The summed E-state index contributed by atoms with van der Waals surface area (Å²) in [5.74, 6) is 0.0569. The number of thiophene rings is 1. The maximum atomic E-state index is 13.0. The number of hydrogen-bond donors (Lipinski definition) is 1. The van der Waals surface area contributed by atoms with Crippen LogP contribution in [0.25, 0.3) is 6.08 Å². The van der Waals surface area contributed by atoms with Crippen molar-refractivity contribution in [2.75, 3.05) is 13.1 Å². The van der Waals surface area contributed by atoms with E-state index in [1.807, 2.05) is 35.7 Å². The Bertz CT molecular complexity index is 939. The third kappa shape index (κ3) is 4.96. The molecule has 1 amide bonds. The van der Waals surface area contributed by atoms with Gasteiger partial charge in [-0.05, 0) is 40.8 Å². The third-order valence-electron chi connectivity index (χ3n) is 5.11. The number of rotatable bonds is 7. The molecule has 29 heavy (non-hydrogen) atoms. The molecule has 0 aliphatic carbocycles. The summed E-state index contributed by atoms with van der Waals surface area (Å²) in [5, 5.41) is 16.7. The van der Waals surface area contributed by atoms with E-state index < -0.39 is 0 Å². The van der Waals surface area contributed by atoms with E-state index in [0.717, 1.165) is 18.0 Å². The Hall–Kier alpha value is -2.84. The Morgan fingerprint density at radius 2 is 2.14 bits per heavy atom. The van der Waals surface area contributed by atoms with Crippen molar-refractivity contribution in [2.24, 2.45) is 0 Å². The van der Waals surface area contributed by atoms with E-state index in [2.05, 4.69) is 50.9 Å². The normalized spacial score (nSPS) is 20.1. The van der Waals surface area contributed by atoms with Crippen molar-refractivity contribution in [2.45, 2.75) is 32.0 Å². The lowest BCUT2D eigenvalue weighted by Crippen LogP contribution is -2.43. The Morgan fingerprint density at radius 3 is 2.86 bits per heavy atom. The molecule has 2 atom stereocenters. The number of aromatic nitrogens is 4. The van der Waals surface area contributed by atoms with Gasteiger partial charge in [-0.15, -0.1) is 16.4 Å². The van der Waals surface area contributed by atoms with Crippen LogP contribution in [0.2, 0.25) is 0 Å². The van der Waals surface area contributed by atoms with E-state index >= 15 is 0 Å². The summed E-state index contributed by atoms with van der Waals surface area (Å²) in [4.78, 5) is 16.4. The molecule has 2 aromatic heterocycles. The largest absolute Gasteiger partial charge is 0.350 e. The van der Waals surface area contributed by atoms with Crippen molar-refractivity contribution in [1.82, 2.24) is 30.4 Å². The lowest BCUT2D eigenvalue weighted by molar-refractivity contribution is -0.125. The van der Waals surface area contributed by atoms with Gasteiger partial charge in [0.2, 0.25) is 5.91 Å². The zero-order valence-electron chi connectivity index (χ0n) is 16.3. The maximum Gasteiger partial charge on any atom is 0.237 e. The number of benzene rings is 1. The van der Waals surface area contributed by atoms with Crippen LogP contribution in [0.1, 0.15) is 29.8 Å². The molecule has 4 rings (SSSR count). The van der Waals surface area contributed by atoms with E-state index in [1.54, 1.807) is 22.3 Å². The Labute approximate surface area is 174 Å². The molecule has 3 aromatic rings. The molecule has 0 saturated carbocycles. The highest BCUT2D eigenvalue weighted by Crippen LogP contribution is 2.28. The number of amides is 1. The van der Waals surface area contributed by atoms with E-state index in [-0.39, 0.29) is 18.0 Å². The molecular formula is C21H24N6OS. The SMILES string of the molecule is C/C(=C\c1ccccc1)CN1C[C@@H](n2cnnn2)C[C@H]1C(=O)NCc1cccs1. The molecule has 1 saturated heterocycles. The molecule has 1 aliphatic heterocycles. The lowest BCUT2D eigenvalue weighted by atomic mass is 10.1. The van der Waals surface area contributed by atoms with Crippen LogP contribution in [-0.4, -0.2) is 50.1 Å². The Kier molecular flexibility index (Phi) is 6.12. The minimum Gasteiger partial charge on any atom is -0.350 e. The van der Waals surface area contributed by atoms with Gasteiger partial charge in [0.25, 0.3) is 0 Å². The van der Waals surface area contributed by atoms with Crippen molar-refractivity contribution in [3.8, 4) is 0 Å². The molecule has 1 aliphatic rings. The standard InChI is InChI=1S/C21H24N6OS/c1-16(10-17-6-3-2-4-7-17)13-26-14-18(27-15-23-24-25-27)11-20(26)21(28)22-12-19-8-5-9-29-19/h2-10,15,18,20H,11-14H2,1H3,(H,22,28)/b16-10+/t18-,20-/m0/s1. The van der Waals surface area contributed by atoms with Gasteiger partial charge in [-0.3, -0.25) is 9.69 Å². The van der Waals surface area contributed by atoms with Gasteiger partial charge in [0, 0.05) is 18.0 Å². The average Bonchev–Trinajstić information content (AvgIpc) is 3.48. The molecule has 0 spiro atoms. The maximum absolute atomic E-state index is 13.0. The minimum atomic E-state index is -0.205. The van der Waals surface area contributed by atoms with Gasteiger partial charge >= 0.3 is 0 Å². The molecule has 0 bridgehead atoms. The highest BCUT2D eigenvalue weighted by atomic mass is 32.1. The second kappa shape index (κ2) is 9.11. The first kappa shape index (κ1) is 19.5.